The molecule has 0 bridgehead atoms. The Hall–Kier alpha value is -0.800. The molecule has 1 fully saturated rings. The number of pyridine rings is 1. The van der Waals surface area contributed by atoms with E-state index in [1.807, 2.05) is 19.1 Å². The second kappa shape index (κ2) is 4.37. The summed E-state index contributed by atoms with van der Waals surface area (Å²) in [6, 6.07) is 3.92. The van der Waals surface area contributed by atoms with Crippen molar-refractivity contribution >= 4 is 17.3 Å². The lowest BCUT2D eigenvalue weighted by atomic mass is 10.00. The molecule has 15 heavy (non-hydrogen) atoms. The summed E-state index contributed by atoms with van der Waals surface area (Å²) >= 11 is 5.85. The third-order valence-electron chi connectivity index (χ3n) is 2.99. The van der Waals surface area contributed by atoms with Crippen molar-refractivity contribution in [3.05, 3.63) is 23.5 Å². The predicted octanol–water partition coefficient (Wildman–Crippen LogP) is 2.08. The van der Waals surface area contributed by atoms with Gasteiger partial charge in [0.05, 0.1) is 12.1 Å². The average molecular weight is 227 g/mol. The molecule has 0 aliphatic carbocycles. The van der Waals surface area contributed by atoms with E-state index in [-0.39, 0.29) is 12.1 Å². The van der Waals surface area contributed by atoms with Crippen molar-refractivity contribution in [2.45, 2.75) is 31.9 Å². The van der Waals surface area contributed by atoms with Crippen molar-refractivity contribution in [2.75, 3.05) is 11.4 Å². The number of aliphatic hydroxyl groups excluding tert-OH is 1. The molecule has 0 saturated carbocycles. The number of rotatable bonds is 1. The minimum atomic E-state index is -0.245. The molecule has 0 aromatic carbocycles. The Kier molecular flexibility index (Phi) is 3.12. The second-order valence-corrected chi connectivity index (χ2v) is 4.37. The number of aromatic nitrogens is 1. The number of hydrogen-bond donors (Lipinski definition) is 1. The maximum absolute atomic E-state index is 9.79. The molecule has 82 valence electrons. The van der Waals surface area contributed by atoms with E-state index in [4.69, 9.17) is 11.6 Å². The molecule has 1 aliphatic heterocycles. The van der Waals surface area contributed by atoms with Gasteiger partial charge in [0.1, 0.15) is 5.15 Å². The lowest BCUT2D eigenvalue weighted by molar-refractivity contribution is 0.119. The van der Waals surface area contributed by atoms with Crippen LogP contribution >= 0.6 is 11.6 Å². The summed E-state index contributed by atoms with van der Waals surface area (Å²) in [5.41, 5.74) is 1.04. The molecule has 4 heteroatoms. The van der Waals surface area contributed by atoms with Crippen LogP contribution in [0.15, 0.2) is 18.3 Å². The van der Waals surface area contributed by atoms with Crippen LogP contribution in [0.5, 0.6) is 0 Å². The molecule has 0 spiro atoms. The van der Waals surface area contributed by atoms with Gasteiger partial charge in [-0.3, -0.25) is 0 Å². The summed E-state index contributed by atoms with van der Waals surface area (Å²) in [4.78, 5) is 6.14. The highest BCUT2D eigenvalue weighted by Gasteiger charge is 2.26. The normalized spacial score (nSPS) is 26.7. The van der Waals surface area contributed by atoms with Crippen LogP contribution in [0.2, 0.25) is 5.15 Å². The fourth-order valence-electron chi connectivity index (χ4n) is 2.06. The SMILES string of the molecule is CC1C(O)CCCN1c1ccnc(Cl)c1. The Balaban J connectivity index is 2.22. The summed E-state index contributed by atoms with van der Waals surface area (Å²) in [6.07, 6.45) is 3.36. The summed E-state index contributed by atoms with van der Waals surface area (Å²) in [6.45, 7) is 3.01. The first-order valence-corrected chi connectivity index (χ1v) is 5.62. The number of hydrogen-bond acceptors (Lipinski definition) is 3. The summed E-state index contributed by atoms with van der Waals surface area (Å²) in [5.74, 6) is 0. The van der Waals surface area contributed by atoms with Gasteiger partial charge in [0.25, 0.3) is 0 Å². The topological polar surface area (TPSA) is 36.4 Å². The van der Waals surface area contributed by atoms with Gasteiger partial charge in [0.2, 0.25) is 0 Å². The van der Waals surface area contributed by atoms with Crippen LogP contribution in [0.1, 0.15) is 19.8 Å². The van der Waals surface area contributed by atoms with E-state index < -0.39 is 0 Å². The van der Waals surface area contributed by atoms with Crippen molar-refractivity contribution in [1.29, 1.82) is 0 Å². The van der Waals surface area contributed by atoms with Crippen LogP contribution in [0.3, 0.4) is 0 Å². The van der Waals surface area contributed by atoms with Crippen molar-refractivity contribution in [1.82, 2.24) is 4.98 Å². The third kappa shape index (κ3) is 2.24. The van der Waals surface area contributed by atoms with Gasteiger partial charge in [-0.05, 0) is 31.9 Å². The van der Waals surface area contributed by atoms with E-state index in [0.717, 1.165) is 25.1 Å². The van der Waals surface area contributed by atoms with Gasteiger partial charge in [0, 0.05) is 18.4 Å². The number of nitrogens with zero attached hydrogens (tertiary/aromatic N) is 2. The van der Waals surface area contributed by atoms with Gasteiger partial charge in [-0.1, -0.05) is 11.6 Å². The maximum atomic E-state index is 9.79. The molecule has 1 aliphatic rings. The van der Waals surface area contributed by atoms with Crippen LogP contribution in [0, 0.1) is 0 Å². The van der Waals surface area contributed by atoms with Gasteiger partial charge in [-0.2, -0.15) is 0 Å². The van der Waals surface area contributed by atoms with Gasteiger partial charge in [-0.15, -0.1) is 0 Å². The maximum Gasteiger partial charge on any atom is 0.131 e. The van der Waals surface area contributed by atoms with E-state index in [9.17, 15) is 5.11 Å². The third-order valence-corrected chi connectivity index (χ3v) is 3.20. The lowest BCUT2D eigenvalue weighted by Gasteiger charge is -2.38. The first-order valence-electron chi connectivity index (χ1n) is 5.25. The average Bonchev–Trinajstić information content (AvgIpc) is 2.22. The molecule has 2 rings (SSSR count). The summed E-state index contributed by atoms with van der Waals surface area (Å²) < 4.78 is 0. The lowest BCUT2D eigenvalue weighted by Crippen LogP contribution is -2.46. The van der Waals surface area contributed by atoms with Crippen LogP contribution in [-0.4, -0.2) is 28.8 Å². The molecule has 1 N–H and O–H groups in total. The Bertz CT molecular complexity index is 345. The smallest absolute Gasteiger partial charge is 0.131 e. The first kappa shape index (κ1) is 10.7. The van der Waals surface area contributed by atoms with Crippen molar-refractivity contribution in [2.24, 2.45) is 0 Å². The molecule has 2 atom stereocenters. The number of anilines is 1. The Morgan fingerprint density at radius 2 is 2.40 bits per heavy atom. The Morgan fingerprint density at radius 1 is 1.60 bits per heavy atom. The molecule has 3 nitrogen and oxygen atoms in total. The minimum absolute atomic E-state index is 0.150. The summed E-state index contributed by atoms with van der Waals surface area (Å²) in [7, 11) is 0. The van der Waals surface area contributed by atoms with E-state index in [1.54, 1.807) is 6.20 Å². The highest BCUT2D eigenvalue weighted by atomic mass is 35.5. The monoisotopic (exact) mass is 226 g/mol. The minimum Gasteiger partial charge on any atom is -0.391 e. The zero-order chi connectivity index (χ0) is 10.8. The molecule has 0 radical (unpaired) electrons. The van der Waals surface area contributed by atoms with Gasteiger partial charge in [0.15, 0.2) is 0 Å². The number of aliphatic hydroxyl groups is 1. The number of piperidine rings is 1. The molecule has 1 aromatic rings. The molecule has 2 unspecified atom stereocenters. The van der Waals surface area contributed by atoms with Crippen LogP contribution in [-0.2, 0) is 0 Å². The highest BCUT2D eigenvalue weighted by Crippen LogP contribution is 2.25. The molecular formula is C11H15ClN2O. The number of halogens is 1. The Morgan fingerprint density at radius 3 is 3.13 bits per heavy atom. The van der Waals surface area contributed by atoms with E-state index in [1.165, 1.54) is 0 Å². The Labute approximate surface area is 94.7 Å². The van der Waals surface area contributed by atoms with Crippen LogP contribution in [0.25, 0.3) is 0 Å². The van der Waals surface area contributed by atoms with E-state index in [0.29, 0.717) is 5.15 Å². The van der Waals surface area contributed by atoms with Crippen molar-refractivity contribution in [3.8, 4) is 0 Å². The fourth-order valence-corrected chi connectivity index (χ4v) is 2.23. The van der Waals surface area contributed by atoms with Gasteiger partial charge >= 0.3 is 0 Å². The first-order chi connectivity index (χ1) is 7.18. The highest BCUT2D eigenvalue weighted by molar-refractivity contribution is 6.29. The van der Waals surface area contributed by atoms with Gasteiger partial charge in [-0.25, -0.2) is 4.98 Å². The molecule has 0 amide bonds. The second-order valence-electron chi connectivity index (χ2n) is 3.98. The van der Waals surface area contributed by atoms with Gasteiger partial charge < -0.3 is 10.0 Å². The van der Waals surface area contributed by atoms with Crippen molar-refractivity contribution < 1.29 is 5.11 Å². The van der Waals surface area contributed by atoms with E-state index >= 15 is 0 Å². The zero-order valence-electron chi connectivity index (χ0n) is 8.73. The predicted molar refractivity (Wildman–Crippen MR) is 61.3 cm³/mol. The summed E-state index contributed by atoms with van der Waals surface area (Å²) in [5, 5.41) is 10.3. The largest absolute Gasteiger partial charge is 0.391 e. The molecule has 2 heterocycles. The molecule has 1 saturated heterocycles. The van der Waals surface area contributed by atoms with Crippen LogP contribution < -0.4 is 4.90 Å². The zero-order valence-corrected chi connectivity index (χ0v) is 9.48. The fraction of sp³-hybridized carbons (Fsp3) is 0.545. The quantitative estimate of drug-likeness (QED) is 0.745. The standard InChI is InChI=1S/C11H15ClN2O/c1-8-10(15)3-2-6-14(8)9-4-5-13-11(12)7-9/h4-5,7-8,10,15H,2-3,6H2,1H3. The molecular weight excluding hydrogens is 212 g/mol. The van der Waals surface area contributed by atoms with Crippen molar-refractivity contribution in [3.63, 3.8) is 0 Å². The van der Waals surface area contributed by atoms with Crippen LogP contribution in [0.4, 0.5) is 5.69 Å². The van der Waals surface area contributed by atoms with E-state index in [2.05, 4.69) is 9.88 Å². The molecule has 1 aromatic heterocycles.